The molecule has 156 valence electrons. The van der Waals surface area contributed by atoms with Gasteiger partial charge in [-0.05, 0) is 37.5 Å². The van der Waals surface area contributed by atoms with E-state index < -0.39 is 17.7 Å². The van der Waals surface area contributed by atoms with Crippen molar-refractivity contribution < 1.29 is 18.3 Å². The molecule has 0 spiro atoms. The van der Waals surface area contributed by atoms with Crippen molar-refractivity contribution in [1.82, 2.24) is 15.0 Å². The van der Waals surface area contributed by atoms with Gasteiger partial charge in [0.25, 0.3) is 6.43 Å². The Kier molecular flexibility index (Phi) is 6.02. The molecule has 0 unspecified atom stereocenters. The molecule has 0 aliphatic rings. The van der Waals surface area contributed by atoms with Crippen molar-refractivity contribution in [2.24, 2.45) is 11.7 Å². The molecule has 0 bridgehead atoms. The molecule has 0 saturated heterocycles. The molecular weight excluding hydrogens is 378 g/mol. The highest BCUT2D eigenvalue weighted by Gasteiger charge is 2.24. The molecule has 0 saturated carbocycles. The van der Waals surface area contributed by atoms with E-state index in [1.54, 1.807) is 31.6 Å². The van der Waals surface area contributed by atoms with Gasteiger partial charge in [0.15, 0.2) is 0 Å². The van der Waals surface area contributed by atoms with E-state index in [1.165, 1.54) is 6.07 Å². The van der Waals surface area contributed by atoms with E-state index in [4.69, 9.17) is 15.2 Å². The molecule has 0 aromatic carbocycles. The van der Waals surface area contributed by atoms with Crippen molar-refractivity contribution >= 4 is 11.0 Å². The second-order valence-electron chi connectivity index (χ2n) is 7.86. The second-order valence-corrected chi connectivity index (χ2v) is 7.86. The minimum absolute atomic E-state index is 0.0362. The van der Waals surface area contributed by atoms with Gasteiger partial charge in [-0.1, -0.05) is 13.8 Å². The fourth-order valence-corrected chi connectivity index (χ4v) is 3.52. The van der Waals surface area contributed by atoms with Crippen LogP contribution in [0, 0.1) is 5.92 Å². The Bertz CT molecular complexity index is 986. The first kappa shape index (κ1) is 21.0. The number of hydrogen-bond acceptors (Lipinski definition) is 5. The van der Waals surface area contributed by atoms with Gasteiger partial charge in [-0.2, -0.15) is 0 Å². The van der Waals surface area contributed by atoms with Crippen LogP contribution in [0.4, 0.5) is 8.78 Å². The summed E-state index contributed by atoms with van der Waals surface area (Å²) in [6.07, 6.45) is 1.21. The van der Waals surface area contributed by atoms with Gasteiger partial charge in [-0.15, -0.1) is 0 Å². The van der Waals surface area contributed by atoms with Crippen LogP contribution < -0.4 is 15.2 Å². The van der Waals surface area contributed by atoms with Crippen LogP contribution in [0.15, 0.2) is 30.6 Å². The molecule has 1 atom stereocenters. The number of aromatic nitrogens is 3. The molecule has 0 radical (unpaired) electrons. The number of aromatic amines is 1. The minimum Gasteiger partial charge on any atom is -0.496 e. The number of nitrogens with one attached hydrogen (secondary N) is 1. The van der Waals surface area contributed by atoms with Gasteiger partial charge in [-0.3, -0.25) is 0 Å². The Morgan fingerprint density at radius 1 is 1.21 bits per heavy atom. The van der Waals surface area contributed by atoms with Crippen LogP contribution in [0.3, 0.4) is 0 Å². The monoisotopic (exact) mass is 404 g/mol. The predicted molar refractivity (Wildman–Crippen MR) is 108 cm³/mol. The van der Waals surface area contributed by atoms with E-state index in [1.807, 2.05) is 6.92 Å². The molecule has 0 aliphatic carbocycles. The number of rotatable bonds is 8. The Morgan fingerprint density at radius 2 is 1.97 bits per heavy atom. The lowest BCUT2D eigenvalue weighted by Gasteiger charge is -2.27. The fourth-order valence-electron chi connectivity index (χ4n) is 3.52. The van der Waals surface area contributed by atoms with Crippen LogP contribution in [0.1, 0.15) is 39.3 Å². The number of pyridine rings is 2. The molecule has 0 fully saturated rings. The molecule has 8 heteroatoms. The highest BCUT2D eigenvalue weighted by atomic mass is 19.3. The molecule has 0 aliphatic heterocycles. The lowest BCUT2D eigenvalue weighted by molar-refractivity contribution is 0.134. The number of nitrogens with zero attached hydrogens (tertiary/aromatic N) is 2. The second kappa shape index (κ2) is 8.32. The standard InChI is InChI=1S/C21H26F2N4O2/c1-12(2)9-21(3,24)11-29-16-6-5-14(27-18(16)19(22)23)13-10-26-20-17(13)15(28-4)7-8-25-20/h5-8,10,12,19H,9,11,24H2,1-4H3,(H,25,26)/t21-/m1/s1. The minimum atomic E-state index is -2.79. The van der Waals surface area contributed by atoms with Crippen LogP contribution in [0.2, 0.25) is 0 Å². The zero-order valence-electron chi connectivity index (χ0n) is 17.0. The van der Waals surface area contributed by atoms with Gasteiger partial charge in [0.1, 0.15) is 29.4 Å². The maximum atomic E-state index is 13.7. The molecular formula is C21H26F2N4O2. The van der Waals surface area contributed by atoms with Gasteiger partial charge >= 0.3 is 0 Å². The third-order valence-electron chi connectivity index (χ3n) is 4.56. The van der Waals surface area contributed by atoms with Crippen LogP contribution in [-0.4, -0.2) is 34.2 Å². The van der Waals surface area contributed by atoms with Crippen LogP contribution in [-0.2, 0) is 0 Å². The van der Waals surface area contributed by atoms with Crippen molar-refractivity contribution in [2.75, 3.05) is 13.7 Å². The number of alkyl halides is 2. The molecule has 6 nitrogen and oxygen atoms in total. The van der Waals surface area contributed by atoms with Gasteiger partial charge in [-0.25, -0.2) is 18.7 Å². The summed E-state index contributed by atoms with van der Waals surface area (Å²) >= 11 is 0. The summed E-state index contributed by atoms with van der Waals surface area (Å²) in [4.78, 5) is 11.4. The third-order valence-corrected chi connectivity index (χ3v) is 4.56. The number of hydrogen-bond donors (Lipinski definition) is 2. The molecule has 3 N–H and O–H groups in total. The highest BCUT2D eigenvalue weighted by Crippen LogP contribution is 2.36. The number of ether oxygens (including phenoxy) is 2. The van der Waals surface area contributed by atoms with E-state index in [0.29, 0.717) is 40.4 Å². The molecule has 0 amide bonds. The Balaban J connectivity index is 1.95. The van der Waals surface area contributed by atoms with Crippen molar-refractivity contribution in [3.8, 4) is 22.8 Å². The SMILES string of the molecule is COc1ccnc2[nH]cc(-c3ccc(OC[C@](C)(N)CC(C)C)c(C(F)F)n3)c12. The molecule has 29 heavy (non-hydrogen) atoms. The first-order valence-electron chi connectivity index (χ1n) is 9.43. The van der Waals surface area contributed by atoms with Crippen LogP contribution in [0.5, 0.6) is 11.5 Å². The zero-order valence-corrected chi connectivity index (χ0v) is 17.0. The van der Waals surface area contributed by atoms with E-state index >= 15 is 0 Å². The number of H-pyrrole nitrogens is 1. The molecule has 3 rings (SSSR count). The van der Waals surface area contributed by atoms with Crippen molar-refractivity contribution in [1.29, 1.82) is 0 Å². The van der Waals surface area contributed by atoms with E-state index in [-0.39, 0.29) is 12.4 Å². The first-order chi connectivity index (χ1) is 13.7. The van der Waals surface area contributed by atoms with E-state index in [9.17, 15) is 8.78 Å². The number of nitrogens with two attached hydrogens (primary N) is 1. The van der Waals surface area contributed by atoms with Crippen molar-refractivity contribution in [3.05, 3.63) is 36.3 Å². The summed E-state index contributed by atoms with van der Waals surface area (Å²) in [7, 11) is 1.54. The largest absolute Gasteiger partial charge is 0.496 e. The summed E-state index contributed by atoms with van der Waals surface area (Å²) < 4.78 is 38.5. The van der Waals surface area contributed by atoms with Crippen molar-refractivity contribution in [2.45, 2.75) is 39.2 Å². The van der Waals surface area contributed by atoms with Crippen LogP contribution >= 0.6 is 0 Å². The molecule has 3 aromatic rings. The fraction of sp³-hybridized carbons (Fsp3) is 0.429. The lowest BCUT2D eigenvalue weighted by Crippen LogP contribution is -2.43. The van der Waals surface area contributed by atoms with Crippen LogP contribution in [0.25, 0.3) is 22.3 Å². The van der Waals surface area contributed by atoms with Gasteiger partial charge in [0, 0.05) is 23.5 Å². The normalized spacial score (nSPS) is 13.8. The Hall–Kier alpha value is -2.74. The molecule has 3 heterocycles. The predicted octanol–water partition coefficient (Wildman–Crippen LogP) is 4.71. The van der Waals surface area contributed by atoms with Gasteiger partial charge < -0.3 is 20.2 Å². The molecule has 3 aromatic heterocycles. The van der Waals surface area contributed by atoms with E-state index in [0.717, 1.165) is 0 Å². The summed E-state index contributed by atoms with van der Waals surface area (Å²) in [5, 5.41) is 0.683. The maximum absolute atomic E-state index is 13.7. The summed E-state index contributed by atoms with van der Waals surface area (Å²) in [5.74, 6) is 0.989. The summed E-state index contributed by atoms with van der Waals surface area (Å²) in [5.41, 5.74) is 6.79. The smallest absolute Gasteiger partial charge is 0.284 e. The average Bonchev–Trinajstić information content (AvgIpc) is 3.09. The zero-order chi connectivity index (χ0) is 21.2. The average molecular weight is 404 g/mol. The van der Waals surface area contributed by atoms with E-state index in [2.05, 4.69) is 28.8 Å². The highest BCUT2D eigenvalue weighted by molar-refractivity contribution is 5.97. The third kappa shape index (κ3) is 4.64. The Morgan fingerprint density at radius 3 is 2.62 bits per heavy atom. The quantitative estimate of drug-likeness (QED) is 0.568. The topological polar surface area (TPSA) is 86.0 Å². The summed E-state index contributed by atoms with van der Waals surface area (Å²) in [6.45, 7) is 6.07. The Labute approximate surface area is 168 Å². The maximum Gasteiger partial charge on any atom is 0.284 e. The number of halogens is 2. The van der Waals surface area contributed by atoms with Crippen molar-refractivity contribution in [3.63, 3.8) is 0 Å². The first-order valence-corrected chi connectivity index (χ1v) is 9.43. The number of fused-ring (bicyclic) bond motifs is 1. The van der Waals surface area contributed by atoms with Gasteiger partial charge in [0.2, 0.25) is 0 Å². The van der Waals surface area contributed by atoms with Gasteiger partial charge in [0.05, 0.1) is 18.2 Å². The lowest BCUT2D eigenvalue weighted by atomic mass is 9.93. The summed E-state index contributed by atoms with van der Waals surface area (Å²) in [6, 6.07) is 4.87. The number of methoxy groups -OCH3 is 1.